The van der Waals surface area contributed by atoms with E-state index in [0.29, 0.717) is 5.56 Å². The van der Waals surface area contributed by atoms with Gasteiger partial charge in [-0.05, 0) is 24.3 Å². The van der Waals surface area contributed by atoms with Crippen molar-refractivity contribution >= 4 is 23.7 Å². The van der Waals surface area contributed by atoms with Crippen molar-refractivity contribution in [2.45, 2.75) is 0 Å². The molecule has 0 atom stereocenters. The largest absolute Gasteiger partial charge is 0.502 e. The normalized spacial score (nSPS) is 10.4. The lowest BCUT2D eigenvalue weighted by Crippen LogP contribution is -2.35. The smallest absolute Gasteiger partial charge is 0.311 e. The van der Waals surface area contributed by atoms with Gasteiger partial charge in [-0.15, -0.1) is 0 Å². The van der Waals surface area contributed by atoms with Crippen molar-refractivity contribution in [1.29, 1.82) is 0 Å². The second-order valence-electron chi connectivity index (χ2n) is 4.70. The van der Waals surface area contributed by atoms with Crippen molar-refractivity contribution in [2.24, 2.45) is 5.10 Å². The fraction of sp³-hybridized carbons (Fsp3) is 0.0667. The summed E-state index contributed by atoms with van der Waals surface area (Å²) in [5, 5.41) is 26.0. The molecule has 3 N–H and O–H groups in total. The van der Waals surface area contributed by atoms with Crippen LogP contribution in [0.3, 0.4) is 0 Å². The number of pyridine rings is 1. The van der Waals surface area contributed by atoms with Crippen LogP contribution in [0.25, 0.3) is 0 Å². The van der Waals surface area contributed by atoms with Crippen LogP contribution in [0.2, 0.25) is 0 Å². The fourth-order valence-electron chi connectivity index (χ4n) is 1.73. The molecule has 1 aromatic heterocycles. The molecule has 0 unspecified atom stereocenters. The van der Waals surface area contributed by atoms with Gasteiger partial charge in [0, 0.05) is 17.8 Å². The monoisotopic (exact) mass is 343 g/mol. The SMILES string of the molecule is O=C(CNC(=O)c1ccccn1)N/N=C/c1ccc(O)c([N+](=O)[O-])c1. The number of nitrogens with zero attached hydrogens (tertiary/aromatic N) is 3. The maximum absolute atomic E-state index is 11.7. The molecular formula is C15H13N5O5. The van der Waals surface area contributed by atoms with Gasteiger partial charge in [0.15, 0.2) is 5.75 Å². The number of nitrogens with one attached hydrogen (secondary N) is 2. The number of hydrogen-bond donors (Lipinski definition) is 3. The van der Waals surface area contributed by atoms with Crippen LogP contribution in [0.15, 0.2) is 47.7 Å². The molecule has 0 aliphatic carbocycles. The molecule has 1 aromatic carbocycles. The number of hydrazone groups is 1. The van der Waals surface area contributed by atoms with Gasteiger partial charge in [-0.1, -0.05) is 6.07 Å². The third-order valence-electron chi connectivity index (χ3n) is 2.91. The molecule has 10 heteroatoms. The minimum absolute atomic E-state index is 0.176. The Hall–Kier alpha value is -3.82. The zero-order chi connectivity index (χ0) is 18.2. The molecule has 2 aromatic rings. The van der Waals surface area contributed by atoms with E-state index in [1.165, 1.54) is 24.5 Å². The lowest BCUT2D eigenvalue weighted by atomic mass is 10.2. The topological polar surface area (TPSA) is 147 Å². The lowest BCUT2D eigenvalue weighted by molar-refractivity contribution is -0.385. The predicted molar refractivity (Wildman–Crippen MR) is 87.1 cm³/mol. The van der Waals surface area contributed by atoms with Crippen molar-refractivity contribution in [3.05, 3.63) is 64.0 Å². The number of hydrogen-bond acceptors (Lipinski definition) is 7. The van der Waals surface area contributed by atoms with Crippen LogP contribution in [0.4, 0.5) is 5.69 Å². The molecule has 0 aliphatic rings. The molecular weight excluding hydrogens is 330 g/mol. The van der Waals surface area contributed by atoms with E-state index < -0.39 is 28.2 Å². The van der Waals surface area contributed by atoms with Crippen molar-refractivity contribution in [3.63, 3.8) is 0 Å². The van der Waals surface area contributed by atoms with Crippen molar-refractivity contribution in [1.82, 2.24) is 15.7 Å². The third kappa shape index (κ3) is 5.10. The molecule has 2 amide bonds. The molecule has 25 heavy (non-hydrogen) atoms. The highest BCUT2D eigenvalue weighted by Gasteiger charge is 2.13. The average Bonchev–Trinajstić information content (AvgIpc) is 2.61. The molecule has 0 bridgehead atoms. The van der Waals surface area contributed by atoms with Crippen LogP contribution in [0, 0.1) is 10.1 Å². The number of phenolic OH excluding ortho intramolecular Hbond substituents is 1. The van der Waals surface area contributed by atoms with E-state index >= 15 is 0 Å². The average molecular weight is 343 g/mol. The van der Waals surface area contributed by atoms with Crippen LogP contribution in [-0.2, 0) is 4.79 Å². The molecule has 0 aliphatic heterocycles. The van der Waals surface area contributed by atoms with Crippen molar-refractivity contribution in [3.8, 4) is 5.75 Å². The Morgan fingerprint density at radius 1 is 1.32 bits per heavy atom. The maximum Gasteiger partial charge on any atom is 0.311 e. The Bertz CT molecular complexity index is 822. The van der Waals surface area contributed by atoms with Crippen LogP contribution in [0.1, 0.15) is 16.1 Å². The molecule has 0 fully saturated rings. The summed E-state index contributed by atoms with van der Waals surface area (Å²) in [4.78, 5) is 37.1. The van der Waals surface area contributed by atoms with E-state index in [9.17, 15) is 24.8 Å². The zero-order valence-electron chi connectivity index (χ0n) is 12.7. The number of amides is 2. The van der Waals surface area contributed by atoms with Crippen LogP contribution >= 0.6 is 0 Å². The van der Waals surface area contributed by atoms with Gasteiger partial charge in [-0.3, -0.25) is 24.7 Å². The van der Waals surface area contributed by atoms with Crippen LogP contribution < -0.4 is 10.7 Å². The standard InChI is InChI=1S/C15H13N5O5/c21-13-5-4-10(7-12(13)20(24)25)8-18-19-14(22)9-17-15(23)11-3-1-2-6-16-11/h1-8,21H,9H2,(H,17,23)(H,19,22)/b18-8+. The van der Waals surface area contributed by atoms with Gasteiger partial charge in [-0.2, -0.15) is 5.10 Å². The highest BCUT2D eigenvalue weighted by molar-refractivity contribution is 5.94. The number of aromatic hydroxyl groups is 1. The van der Waals surface area contributed by atoms with Gasteiger partial charge in [0.1, 0.15) is 5.69 Å². The summed E-state index contributed by atoms with van der Waals surface area (Å²) in [5.41, 5.74) is 2.17. The number of nitro groups is 1. The Balaban J connectivity index is 1.85. The second-order valence-corrected chi connectivity index (χ2v) is 4.70. The van der Waals surface area contributed by atoms with Crippen LogP contribution in [0.5, 0.6) is 5.75 Å². The Morgan fingerprint density at radius 2 is 2.12 bits per heavy atom. The summed E-state index contributed by atoms with van der Waals surface area (Å²) in [5.74, 6) is -1.56. The summed E-state index contributed by atoms with van der Waals surface area (Å²) >= 11 is 0. The van der Waals surface area contributed by atoms with Crippen molar-refractivity contribution in [2.75, 3.05) is 6.54 Å². The van der Waals surface area contributed by atoms with E-state index in [-0.39, 0.29) is 12.2 Å². The van der Waals surface area contributed by atoms with Gasteiger partial charge in [0.2, 0.25) is 0 Å². The van der Waals surface area contributed by atoms with E-state index in [0.717, 1.165) is 12.1 Å². The fourth-order valence-corrected chi connectivity index (χ4v) is 1.73. The minimum Gasteiger partial charge on any atom is -0.502 e. The number of carbonyl (C=O) groups is 2. The first-order valence-electron chi connectivity index (χ1n) is 6.96. The number of benzene rings is 1. The Morgan fingerprint density at radius 3 is 2.80 bits per heavy atom. The summed E-state index contributed by atoms with van der Waals surface area (Å²) in [6.45, 7) is -0.317. The first kappa shape index (κ1) is 17.5. The summed E-state index contributed by atoms with van der Waals surface area (Å²) < 4.78 is 0. The van der Waals surface area contributed by atoms with Crippen LogP contribution in [-0.4, -0.2) is 39.6 Å². The molecule has 0 radical (unpaired) electrons. The highest BCUT2D eigenvalue weighted by Crippen LogP contribution is 2.25. The highest BCUT2D eigenvalue weighted by atomic mass is 16.6. The third-order valence-corrected chi connectivity index (χ3v) is 2.91. The van der Waals surface area contributed by atoms with Gasteiger partial charge >= 0.3 is 5.69 Å². The molecule has 0 spiro atoms. The Labute approximate surface area is 141 Å². The lowest BCUT2D eigenvalue weighted by Gasteiger charge is -2.03. The number of rotatable bonds is 6. The number of aromatic nitrogens is 1. The van der Waals surface area contributed by atoms with Crippen molar-refractivity contribution < 1.29 is 19.6 Å². The molecule has 0 saturated carbocycles. The summed E-state index contributed by atoms with van der Waals surface area (Å²) in [7, 11) is 0. The summed E-state index contributed by atoms with van der Waals surface area (Å²) in [6, 6.07) is 8.45. The van der Waals surface area contributed by atoms with E-state index in [4.69, 9.17) is 0 Å². The first-order chi connectivity index (χ1) is 12.0. The van der Waals surface area contributed by atoms with E-state index in [1.54, 1.807) is 12.1 Å². The number of nitro benzene ring substituents is 1. The zero-order valence-corrected chi connectivity index (χ0v) is 12.7. The van der Waals surface area contributed by atoms with Gasteiger partial charge in [-0.25, -0.2) is 5.43 Å². The molecule has 1 heterocycles. The molecule has 2 rings (SSSR count). The molecule has 10 nitrogen and oxygen atoms in total. The second kappa shape index (κ2) is 8.15. The first-order valence-corrected chi connectivity index (χ1v) is 6.96. The van der Waals surface area contributed by atoms with Gasteiger partial charge < -0.3 is 10.4 Å². The number of carbonyl (C=O) groups excluding carboxylic acids is 2. The molecule has 0 saturated heterocycles. The van der Waals surface area contributed by atoms with Gasteiger partial charge in [0.25, 0.3) is 11.8 Å². The quantitative estimate of drug-likeness (QED) is 0.397. The van der Waals surface area contributed by atoms with Gasteiger partial charge in [0.05, 0.1) is 17.7 Å². The minimum atomic E-state index is -0.738. The maximum atomic E-state index is 11.7. The summed E-state index contributed by atoms with van der Waals surface area (Å²) in [6.07, 6.45) is 2.63. The predicted octanol–water partition coefficient (Wildman–Crippen LogP) is 0.575. The Kier molecular flexibility index (Phi) is 5.72. The van der Waals surface area contributed by atoms with E-state index in [1.807, 2.05) is 0 Å². The molecule has 128 valence electrons. The number of phenols is 1. The van der Waals surface area contributed by atoms with E-state index in [2.05, 4.69) is 20.8 Å².